The summed E-state index contributed by atoms with van der Waals surface area (Å²) in [6.45, 7) is 0. The first kappa shape index (κ1) is 22.5. The number of β-lactam (4-membered cyclic amide) rings is 1. The number of carbonyl (C=O) groups is 4. The number of nitrogens with two attached hydrogens (primary N) is 1. The number of carboxylic acids is 1. The number of anilines is 1. The van der Waals surface area contributed by atoms with Gasteiger partial charge in [-0.15, -0.1) is 35.5 Å². The second-order valence-corrected chi connectivity index (χ2v) is 9.72. The molecule has 186 valence electrons. The van der Waals surface area contributed by atoms with Crippen LogP contribution in [0.15, 0.2) is 44.6 Å². The molecule has 2 aromatic rings. The number of oxime groups is 1. The van der Waals surface area contributed by atoms with Crippen molar-refractivity contribution in [2.45, 2.75) is 11.4 Å². The molecule has 4 rings (SSSR count). The highest BCUT2D eigenvalue weighted by Gasteiger charge is 2.54. The Bertz CT molecular complexity index is 1320. The molecule has 4 N–H and O–H groups in total. The summed E-state index contributed by atoms with van der Waals surface area (Å²) in [5.74, 6) is -2.68. The summed E-state index contributed by atoms with van der Waals surface area (Å²) in [5, 5.41) is 15.9. The monoisotopic (exact) mass is 562 g/mol. The third kappa shape index (κ3) is 5.32. The minimum Gasteiger partial charge on any atom is -0.477 e. The van der Waals surface area contributed by atoms with Gasteiger partial charge >= 0.3 is 5.97 Å². The summed E-state index contributed by atoms with van der Waals surface area (Å²) in [6.07, 6.45) is 1.35. The van der Waals surface area contributed by atoms with E-state index < -0.39 is 41.9 Å². The fourth-order valence-electron chi connectivity index (χ4n) is 3.27. The molecule has 4 heterocycles. The lowest BCUT2D eigenvalue weighted by molar-refractivity contribution is -0.150. The predicted octanol–water partition coefficient (Wildman–Crippen LogP) is 1.40. The van der Waals surface area contributed by atoms with E-state index in [-0.39, 0.29) is 51.3 Å². The topological polar surface area (TPSA) is 177 Å². The van der Waals surface area contributed by atoms with Crippen molar-refractivity contribution in [1.82, 2.24) is 15.2 Å². The van der Waals surface area contributed by atoms with E-state index in [2.05, 4.69) is 20.3 Å². The first-order chi connectivity index (χ1) is 17.5. The van der Waals surface area contributed by atoms with Gasteiger partial charge in [-0.2, -0.15) is 0 Å². The Morgan fingerprint density at radius 3 is 2.94 bits per heavy atom. The van der Waals surface area contributed by atoms with Gasteiger partial charge in [-0.3, -0.25) is 19.3 Å². The van der Waals surface area contributed by atoms with Crippen molar-refractivity contribution >= 4 is 81.0 Å². The fraction of sp³-hybridized carbons (Fsp3) is 0.263. The summed E-state index contributed by atoms with van der Waals surface area (Å²) >= 11 is 3.02. The van der Waals surface area contributed by atoms with Crippen LogP contribution in [0.5, 0.6) is 0 Å². The minimum absolute atomic E-state index is 0. The lowest BCUT2D eigenvalue weighted by Gasteiger charge is -2.49. The van der Waals surface area contributed by atoms with E-state index in [9.17, 15) is 24.3 Å². The zero-order valence-corrected chi connectivity index (χ0v) is 20.6. The van der Waals surface area contributed by atoms with E-state index >= 15 is 0 Å². The van der Waals surface area contributed by atoms with Gasteiger partial charge in [0.25, 0.3) is 16.9 Å². The highest BCUT2D eigenvalue weighted by molar-refractivity contribution is 8.14. The first-order valence-corrected chi connectivity index (χ1v) is 12.3. The molecule has 12 nitrogen and oxygen atoms in total. The molecule has 0 radical (unpaired) electrons. The molecule has 0 spiro atoms. The van der Waals surface area contributed by atoms with Crippen molar-refractivity contribution in [2.24, 2.45) is 5.16 Å². The maximum atomic E-state index is 12.9. The molecule has 0 aliphatic carbocycles. The van der Waals surface area contributed by atoms with Crippen molar-refractivity contribution in [3.05, 3.63) is 46.5 Å². The van der Waals surface area contributed by atoms with Gasteiger partial charge in [-0.1, -0.05) is 16.9 Å². The first-order valence-electron chi connectivity index (χ1n) is 10.9. The van der Waals surface area contributed by atoms with Crippen LogP contribution in [0.1, 0.15) is 20.4 Å². The van der Waals surface area contributed by atoms with Crippen LogP contribution in [0, 0.1) is 0 Å². The van der Waals surface area contributed by atoms with E-state index in [1.54, 1.807) is 6.07 Å². The van der Waals surface area contributed by atoms with Crippen LogP contribution in [0.2, 0.25) is 0 Å². The van der Waals surface area contributed by atoms with Gasteiger partial charge in [-0.25, -0.2) is 9.78 Å². The Morgan fingerprint density at radius 1 is 1.51 bits per heavy atom. The Labute approximate surface area is 220 Å². The van der Waals surface area contributed by atoms with Crippen molar-refractivity contribution in [2.75, 3.05) is 24.3 Å². The molecule has 2 aromatic heterocycles. The van der Waals surface area contributed by atoms with Gasteiger partial charge in [0, 0.05) is 16.9 Å². The highest BCUT2D eigenvalue weighted by atomic mass is 35.5. The number of amides is 2. The van der Waals surface area contributed by atoms with Gasteiger partial charge in [-0.05, 0) is 17.7 Å². The van der Waals surface area contributed by atoms with Crippen molar-refractivity contribution < 1.29 is 37.7 Å². The number of thiazole rings is 1. The van der Waals surface area contributed by atoms with Crippen molar-refractivity contribution in [3.63, 3.8) is 0 Å². The van der Waals surface area contributed by atoms with Crippen LogP contribution in [0.4, 0.5) is 5.13 Å². The molecular weight excluding hydrogens is 542 g/mol. The molecule has 0 aromatic carbocycles. The SMILES string of the molecule is Cl.[2H]C([2H])([2H])O/N=C(\C(=O)N[C@@H]1C(=O)N2C(C(=O)O)=C(CSC(=O)c3ccco3)CS[C@H]12)c1csc(N)n1. The zero-order valence-electron chi connectivity index (χ0n) is 20.3. The molecule has 1 fully saturated rings. The number of nitrogens with zero attached hydrogens (tertiary/aromatic N) is 3. The number of hydrogen-bond acceptors (Lipinski definition) is 12. The molecule has 0 saturated carbocycles. The second-order valence-electron chi connectivity index (χ2n) is 6.77. The number of hydrogen-bond donors (Lipinski definition) is 3. The lowest BCUT2D eigenvalue weighted by Crippen LogP contribution is -2.71. The zero-order chi connectivity index (χ0) is 26.9. The van der Waals surface area contributed by atoms with Gasteiger partial charge in [0.1, 0.15) is 29.8 Å². The van der Waals surface area contributed by atoms with Crippen LogP contribution in [-0.4, -0.2) is 73.6 Å². The molecule has 0 unspecified atom stereocenters. The van der Waals surface area contributed by atoms with Crippen LogP contribution in [0.3, 0.4) is 0 Å². The molecule has 2 aliphatic heterocycles. The van der Waals surface area contributed by atoms with E-state index in [1.807, 2.05) is 0 Å². The summed E-state index contributed by atoms with van der Waals surface area (Å²) in [4.78, 5) is 59.4. The molecule has 2 atom stereocenters. The third-order valence-corrected chi connectivity index (χ3v) is 7.72. The number of halogens is 1. The van der Waals surface area contributed by atoms with Crippen molar-refractivity contribution in [3.8, 4) is 0 Å². The van der Waals surface area contributed by atoms with Gasteiger partial charge in [0.2, 0.25) is 0 Å². The Kier molecular flexibility index (Phi) is 7.16. The normalized spacial score (nSPS) is 21.0. The van der Waals surface area contributed by atoms with Gasteiger partial charge < -0.3 is 25.4 Å². The van der Waals surface area contributed by atoms with Crippen LogP contribution in [-0.2, 0) is 19.2 Å². The fourth-order valence-corrected chi connectivity index (χ4v) is 6.09. The number of furan rings is 1. The summed E-state index contributed by atoms with van der Waals surface area (Å²) < 4.78 is 26.4. The summed E-state index contributed by atoms with van der Waals surface area (Å²) in [6, 6.07) is 1.92. The van der Waals surface area contributed by atoms with Crippen LogP contribution < -0.4 is 11.1 Å². The van der Waals surface area contributed by atoms with E-state index in [4.69, 9.17) is 14.3 Å². The minimum atomic E-state index is -2.94. The molecule has 2 aliphatic rings. The van der Waals surface area contributed by atoms with Crippen molar-refractivity contribution in [1.29, 1.82) is 0 Å². The number of nitrogen functional groups attached to an aromatic ring is 1. The number of carbonyl (C=O) groups excluding carboxylic acids is 3. The highest BCUT2D eigenvalue weighted by Crippen LogP contribution is 2.41. The second kappa shape index (κ2) is 11.2. The Balaban J connectivity index is 0.00000400. The third-order valence-electron chi connectivity index (χ3n) is 4.75. The van der Waals surface area contributed by atoms with Crippen LogP contribution >= 0.6 is 47.3 Å². The smallest absolute Gasteiger partial charge is 0.352 e. The Hall–Kier alpha value is -3.01. The maximum Gasteiger partial charge on any atom is 0.352 e. The molecular formula is C19H18ClN5O7S3. The van der Waals surface area contributed by atoms with Gasteiger partial charge in [0.15, 0.2) is 16.6 Å². The number of aliphatic carboxylic acids is 1. The number of fused-ring (bicyclic) bond motifs is 1. The molecule has 1 saturated heterocycles. The number of rotatable bonds is 8. The molecule has 2 amide bonds. The maximum absolute atomic E-state index is 12.9. The Morgan fingerprint density at radius 2 is 2.31 bits per heavy atom. The average molecular weight is 563 g/mol. The van der Waals surface area contributed by atoms with E-state index in [0.29, 0.717) is 5.57 Å². The summed E-state index contributed by atoms with van der Waals surface area (Å²) in [5.41, 5.74) is 5.12. The predicted molar refractivity (Wildman–Crippen MR) is 133 cm³/mol. The lowest BCUT2D eigenvalue weighted by atomic mass is 10.0. The standard InChI is InChI=1S/C19H17N5O7S3.ClH/c1-30-23-11(9-7-34-19(20)21-9)14(25)22-12-15(26)24-13(17(27)28)8(5-32-16(12)24)6-33-18(29)10-3-2-4-31-10;/h2-4,7,12,16H,5-6H2,1H3,(H2,20,21)(H,22,25)(H,27,28);1H/b23-11-;/t12-,16-;/m1./s1/i1D3;. The largest absolute Gasteiger partial charge is 0.477 e. The van der Waals surface area contributed by atoms with Gasteiger partial charge in [0.05, 0.1) is 10.4 Å². The van der Waals surface area contributed by atoms with Crippen LogP contribution in [0.25, 0.3) is 0 Å². The molecule has 35 heavy (non-hydrogen) atoms. The number of nitrogens with one attached hydrogen (secondary N) is 1. The number of aromatic nitrogens is 1. The quantitative estimate of drug-likeness (QED) is 0.240. The number of carboxylic acid groups (broad SMARTS) is 1. The molecule has 0 bridgehead atoms. The van der Waals surface area contributed by atoms with E-state index in [0.717, 1.165) is 28.0 Å². The summed E-state index contributed by atoms with van der Waals surface area (Å²) in [7, 11) is -2.94. The average Bonchev–Trinajstić information content (AvgIpc) is 3.52. The molecule has 16 heteroatoms. The van der Waals surface area contributed by atoms with E-state index in [1.165, 1.54) is 29.5 Å². The number of thioether (sulfide) groups is 2.